The third kappa shape index (κ3) is 3.03. The minimum absolute atomic E-state index is 0.108. The Morgan fingerprint density at radius 1 is 1.59 bits per heavy atom. The van der Waals surface area contributed by atoms with Gasteiger partial charge in [-0.15, -0.1) is 5.10 Å². The topological polar surface area (TPSA) is 106 Å². The molecule has 0 aliphatic rings. The fourth-order valence-electron chi connectivity index (χ4n) is 1.24. The average molecular weight is 237 g/mol. The quantitative estimate of drug-likeness (QED) is 0.703. The summed E-state index contributed by atoms with van der Waals surface area (Å²) in [4.78, 5) is 14.3. The number of aryl methyl sites for hydroxylation is 1. The lowest BCUT2D eigenvalue weighted by Crippen LogP contribution is -2.07. The van der Waals surface area contributed by atoms with Crippen molar-refractivity contribution in [2.75, 3.05) is 11.9 Å². The molecular formula is C9H11N5O3. The zero-order valence-electron chi connectivity index (χ0n) is 8.91. The van der Waals surface area contributed by atoms with Crippen LogP contribution in [0.2, 0.25) is 0 Å². The van der Waals surface area contributed by atoms with E-state index in [2.05, 4.69) is 20.6 Å². The maximum atomic E-state index is 10.5. The number of aromatic nitrogens is 4. The Labute approximate surface area is 96.3 Å². The monoisotopic (exact) mass is 237 g/mol. The van der Waals surface area contributed by atoms with E-state index in [1.165, 1.54) is 0 Å². The molecule has 8 nitrogen and oxygen atoms in total. The molecule has 0 unspecified atom stereocenters. The Bertz CT molecular complexity index is 479. The number of hydrogen-bond donors (Lipinski definition) is 2. The molecular weight excluding hydrogens is 226 g/mol. The van der Waals surface area contributed by atoms with Crippen molar-refractivity contribution < 1.29 is 14.3 Å². The Hall–Kier alpha value is -2.38. The third-order valence-corrected chi connectivity index (χ3v) is 2.04. The Morgan fingerprint density at radius 2 is 2.47 bits per heavy atom. The summed E-state index contributed by atoms with van der Waals surface area (Å²) in [5.41, 5.74) is -0.108. The highest BCUT2D eigenvalue weighted by molar-refractivity contribution is 5.85. The SMILES string of the molecule is O=C(O)c1coc(NCCCn2ccnn2)n1. The number of anilines is 1. The van der Waals surface area contributed by atoms with E-state index in [4.69, 9.17) is 9.52 Å². The van der Waals surface area contributed by atoms with Crippen LogP contribution in [0.3, 0.4) is 0 Å². The highest BCUT2D eigenvalue weighted by Crippen LogP contribution is 2.07. The van der Waals surface area contributed by atoms with Crippen LogP contribution < -0.4 is 5.32 Å². The van der Waals surface area contributed by atoms with Crippen molar-refractivity contribution in [3.63, 3.8) is 0 Å². The van der Waals surface area contributed by atoms with Crippen LogP contribution in [-0.4, -0.2) is 37.6 Å². The second-order valence-corrected chi connectivity index (χ2v) is 3.29. The number of carboxylic acids is 1. The molecule has 0 aliphatic carbocycles. The lowest BCUT2D eigenvalue weighted by atomic mass is 10.4. The highest BCUT2D eigenvalue weighted by Gasteiger charge is 2.09. The van der Waals surface area contributed by atoms with Gasteiger partial charge in [0.1, 0.15) is 6.26 Å². The molecule has 0 radical (unpaired) electrons. The van der Waals surface area contributed by atoms with Gasteiger partial charge in [0.2, 0.25) is 0 Å². The van der Waals surface area contributed by atoms with E-state index in [1.807, 2.05) is 0 Å². The second-order valence-electron chi connectivity index (χ2n) is 3.29. The summed E-state index contributed by atoms with van der Waals surface area (Å²) in [6.07, 6.45) is 5.28. The van der Waals surface area contributed by atoms with Crippen LogP contribution in [0.15, 0.2) is 23.1 Å². The largest absolute Gasteiger partial charge is 0.476 e. The smallest absolute Gasteiger partial charge is 0.357 e. The molecule has 90 valence electrons. The van der Waals surface area contributed by atoms with Crippen molar-refractivity contribution in [1.82, 2.24) is 20.0 Å². The van der Waals surface area contributed by atoms with Crippen molar-refractivity contribution in [3.05, 3.63) is 24.4 Å². The molecule has 0 aliphatic heterocycles. The summed E-state index contributed by atoms with van der Waals surface area (Å²) in [5.74, 6) is -1.11. The lowest BCUT2D eigenvalue weighted by Gasteiger charge is -2.01. The van der Waals surface area contributed by atoms with Gasteiger partial charge < -0.3 is 14.8 Å². The van der Waals surface area contributed by atoms with Crippen molar-refractivity contribution >= 4 is 12.0 Å². The number of rotatable bonds is 6. The van der Waals surface area contributed by atoms with E-state index in [0.717, 1.165) is 19.2 Å². The van der Waals surface area contributed by atoms with Gasteiger partial charge in [-0.3, -0.25) is 4.68 Å². The minimum Gasteiger partial charge on any atom is -0.476 e. The molecule has 0 atom stereocenters. The first-order valence-corrected chi connectivity index (χ1v) is 5.02. The van der Waals surface area contributed by atoms with E-state index in [9.17, 15) is 4.79 Å². The molecule has 2 aromatic rings. The number of oxazole rings is 1. The molecule has 2 N–H and O–H groups in total. The molecule has 17 heavy (non-hydrogen) atoms. The summed E-state index contributed by atoms with van der Waals surface area (Å²) >= 11 is 0. The molecule has 0 amide bonds. The maximum Gasteiger partial charge on any atom is 0.357 e. The fraction of sp³-hybridized carbons (Fsp3) is 0.333. The predicted octanol–water partition coefficient (Wildman–Crippen LogP) is 0.466. The molecule has 2 aromatic heterocycles. The molecule has 0 spiro atoms. The summed E-state index contributed by atoms with van der Waals surface area (Å²) in [5, 5.41) is 19.0. The fourth-order valence-corrected chi connectivity index (χ4v) is 1.24. The van der Waals surface area contributed by atoms with Crippen molar-refractivity contribution in [1.29, 1.82) is 0 Å². The van der Waals surface area contributed by atoms with Gasteiger partial charge in [-0.1, -0.05) is 5.21 Å². The summed E-state index contributed by atoms with van der Waals surface area (Å²) < 4.78 is 6.63. The standard InChI is InChI=1S/C9H11N5O3/c15-8(16)7-6-17-9(12-7)10-2-1-4-14-5-3-11-13-14/h3,5-6H,1-2,4H2,(H,10,12)(H,15,16). The van der Waals surface area contributed by atoms with Gasteiger partial charge in [-0.2, -0.15) is 4.98 Å². The molecule has 2 heterocycles. The maximum absolute atomic E-state index is 10.5. The molecule has 0 saturated carbocycles. The molecule has 8 heteroatoms. The summed E-state index contributed by atoms with van der Waals surface area (Å²) in [6.45, 7) is 1.33. The highest BCUT2D eigenvalue weighted by atomic mass is 16.4. The van der Waals surface area contributed by atoms with Gasteiger partial charge in [0.05, 0.1) is 6.20 Å². The van der Waals surface area contributed by atoms with E-state index < -0.39 is 5.97 Å². The van der Waals surface area contributed by atoms with E-state index in [-0.39, 0.29) is 11.7 Å². The Balaban J connectivity index is 1.72. The van der Waals surface area contributed by atoms with Crippen molar-refractivity contribution in [3.8, 4) is 0 Å². The number of nitrogens with one attached hydrogen (secondary N) is 1. The van der Waals surface area contributed by atoms with Gasteiger partial charge >= 0.3 is 5.97 Å². The number of hydrogen-bond acceptors (Lipinski definition) is 6. The summed E-state index contributed by atoms with van der Waals surface area (Å²) in [7, 11) is 0. The number of nitrogens with zero attached hydrogens (tertiary/aromatic N) is 4. The van der Waals surface area contributed by atoms with Crippen molar-refractivity contribution in [2.45, 2.75) is 13.0 Å². The normalized spacial score (nSPS) is 10.4. The van der Waals surface area contributed by atoms with Crippen molar-refractivity contribution in [2.24, 2.45) is 0 Å². The van der Waals surface area contributed by atoms with Gasteiger partial charge in [-0.25, -0.2) is 4.79 Å². The first kappa shape index (κ1) is 11.1. The van der Waals surface area contributed by atoms with Gasteiger partial charge in [0.25, 0.3) is 6.01 Å². The van der Waals surface area contributed by atoms with Gasteiger partial charge in [0, 0.05) is 19.3 Å². The van der Waals surface area contributed by atoms with Crippen LogP contribution in [0.1, 0.15) is 16.9 Å². The van der Waals surface area contributed by atoms with Crippen LogP contribution in [-0.2, 0) is 6.54 Å². The lowest BCUT2D eigenvalue weighted by molar-refractivity contribution is 0.0690. The third-order valence-electron chi connectivity index (χ3n) is 2.04. The average Bonchev–Trinajstić information content (AvgIpc) is 2.96. The molecule has 0 fully saturated rings. The number of carbonyl (C=O) groups is 1. The molecule has 0 bridgehead atoms. The van der Waals surface area contributed by atoms with Crippen LogP contribution >= 0.6 is 0 Å². The summed E-state index contributed by atoms with van der Waals surface area (Å²) in [6, 6.07) is 0.209. The molecule has 0 aromatic carbocycles. The molecule has 2 rings (SSSR count). The van der Waals surface area contributed by atoms with Crippen LogP contribution in [0.25, 0.3) is 0 Å². The van der Waals surface area contributed by atoms with Crippen LogP contribution in [0, 0.1) is 0 Å². The van der Waals surface area contributed by atoms with Gasteiger partial charge in [0.15, 0.2) is 5.69 Å². The number of aromatic carboxylic acids is 1. The Morgan fingerprint density at radius 3 is 3.12 bits per heavy atom. The zero-order chi connectivity index (χ0) is 12.1. The minimum atomic E-state index is -1.11. The van der Waals surface area contributed by atoms with Crippen LogP contribution in [0.4, 0.5) is 6.01 Å². The predicted molar refractivity (Wildman–Crippen MR) is 56.6 cm³/mol. The number of carboxylic acid groups (broad SMARTS) is 1. The van der Waals surface area contributed by atoms with E-state index in [1.54, 1.807) is 17.1 Å². The zero-order valence-corrected chi connectivity index (χ0v) is 8.91. The first-order valence-electron chi connectivity index (χ1n) is 5.02. The van der Waals surface area contributed by atoms with E-state index in [0.29, 0.717) is 6.54 Å². The second kappa shape index (κ2) is 5.10. The van der Waals surface area contributed by atoms with Crippen LogP contribution in [0.5, 0.6) is 0 Å². The van der Waals surface area contributed by atoms with Gasteiger partial charge in [-0.05, 0) is 6.42 Å². The van der Waals surface area contributed by atoms with E-state index >= 15 is 0 Å². The molecule has 0 saturated heterocycles. The Kier molecular flexibility index (Phi) is 3.34. The first-order chi connectivity index (χ1) is 8.25.